The van der Waals surface area contributed by atoms with Crippen molar-refractivity contribution in [3.8, 4) is 23.0 Å². The standard InChI is InChI=1S/3C24H38O2.2C22H34O4.5CH4/c1-18-16-19(2)21(11-7-8-12-23(3,4)5)20(17-18)10-6-9-13-24(14-15-24)22(25)26;1-18-12-13-19(2)21(20(18)10-6-8-14-23(3,4)5)11-7-9-15-24(16-17-24)22(25)26;1-18-16-19(2)21(11-7-9-13-24(14-15-24)22(25)26)20(17-18)10-6-8-12-23(3,4)5;1-21(2,3)10-6-5-9-18-16(14-17(23)15-19(18)24)8-4-7-11-22(12-13-22)20(25)26;1-21(2,3)12-6-4-8-16-17(19(24)11-10-18(16)23)9-5-7-13-22(14-15-22)20(25)26;;;;;/h16-17H,6-15H2,1-5H3,(H,25,26);12-13H,6-11,14-17H2,1-5H3,(H,25,26);16-17H,6-15H2,1-5H3,(H,25,26);14-15,23-24H,4-13H2,1-3H3,(H,25,26);10-11,23-24H,4-9,12-15H2,1-3H3,(H,25,26);5*1H4. The Morgan fingerprint density at radius 2 is 0.444 bits per heavy atom. The number of carboxylic acids is 5. The van der Waals surface area contributed by atoms with Crippen LogP contribution in [0.25, 0.3) is 0 Å². The molecule has 5 aliphatic rings. The Morgan fingerprint density at radius 3 is 0.681 bits per heavy atom. The summed E-state index contributed by atoms with van der Waals surface area (Å²) in [5.41, 5.74) is 21.1. The number of phenols is 4. The summed E-state index contributed by atoms with van der Waals surface area (Å²) in [6.45, 7) is 47.6. The monoisotopic (exact) mass is 1880 g/mol. The van der Waals surface area contributed by atoms with E-state index in [0.717, 1.165) is 253 Å². The van der Waals surface area contributed by atoms with Crippen molar-refractivity contribution in [2.24, 2.45) is 54.1 Å². The van der Waals surface area contributed by atoms with Crippen molar-refractivity contribution in [1.82, 2.24) is 0 Å². The lowest BCUT2D eigenvalue weighted by molar-refractivity contribution is -0.144. The molecule has 0 bridgehead atoms. The summed E-state index contributed by atoms with van der Waals surface area (Å²) >= 11 is 0. The highest BCUT2D eigenvalue weighted by Gasteiger charge is 2.52. The molecule has 0 amide bonds. The van der Waals surface area contributed by atoms with Crippen molar-refractivity contribution in [2.45, 2.75) is 504 Å². The first-order chi connectivity index (χ1) is 60.7. The van der Waals surface area contributed by atoms with Gasteiger partial charge in [-0.3, -0.25) is 24.0 Å². The van der Waals surface area contributed by atoms with Gasteiger partial charge in [0.25, 0.3) is 0 Å². The van der Waals surface area contributed by atoms with Crippen LogP contribution in [0.1, 0.15) is 487 Å². The Labute approximate surface area is 825 Å². The molecule has 770 valence electrons. The SMILES string of the molecule is C.C.C.C.C.CC(C)(C)CCCCc1c(O)cc(O)cc1CCCCC1(C(=O)O)CC1.CC(C)(C)CCCCc1c(O)ccc(O)c1CCCCC1(C(=O)O)CC1.Cc1cc(C)c(CCCCC(C)(C)C)c(CCCCC2(C(=O)O)CC2)c1.Cc1cc(C)c(CCCCC2(C(=O)O)CC2)c(CCCCC(C)(C)C)c1.Cc1ccc(C)c(CCCCC2(C(=O)O)CC2)c1CCCCC(C)(C)C. The maximum absolute atomic E-state index is 11.3. The van der Waals surface area contributed by atoms with Crippen molar-refractivity contribution in [3.63, 3.8) is 0 Å². The summed E-state index contributed by atoms with van der Waals surface area (Å²) in [6.07, 6.45) is 50.1. The van der Waals surface area contributed by atoms with E-state index >= 15 is 0 Å². The van der Waals surface area contributed by atoms with Crippen LogP contribution >= 0.6 is 0 Å². The Kier molecular flexibility index (Phi) is 52.9. The van der Waals surface area contributed by atoms with Crippen molar-refractivity contribution < 1.29 is 69.9 Å². The molecule has 5 saturated carbocycles. The van der Waals surface area contributed by atoms with E-state index in [2.05, 4.69) is 182 Å². The number of phenolic OH excluding ortho intramolecular Hbond substituents is 4. The number of aromatic hydroxyl groups is 4. The number of benzene rings is 5. The van der Waals surface area contributed by atoms with E-state index in [0.29, 0.717) is 39.9 Å². The fourth-order valence-corrected chi connectivity index (χ4v) is 19.7. The Morgan fingerprint density at radius 1 is 0.237 bits per heavy atom. The van der Waals surface area contributed by atoms with E-state index in [1.165, 1.54) is 139 Å². The summed E-state index contributed by atoms with van der Waals surface area (Å²) in [5, 5.41) is 87.1. The van der Waals surface area contributed by atoms with Crippen molar-refractivity contribution in [2.75, 3.05) is 0 Å². The van der Waals surface area contributed by atoms with Crippen LogP contribution in [0.4, 0.5) is 0 Å². The molecule has 14 nitrogen and oxygen atoms in total. The van der Waals surface area contributed by atoms with Gasteiger partial charge in [-0.05, 0) is 410 Å². The summed E-state index contributed by atoms with van der Waals surface area (Å²) < 4.78 is 0. The second kappa shape index (κ2) is 56.8. The van der Waals surface area contributed by atoms with E-state index in [1.54, 1.807) is 29.3 Å². The molecular formula is C121H202O14. The molecule has 0 atom stereocenters. The summed E-state index contributed by atoms with van der Waals surface area (Å²) in [4.78, 5) is 56.4. The Bertz CT molecular complexity index is 4170. The first-order valence-electron chi connectivity index (χ1n) is 51.2. The highest BCUT2D eigenvalue weighted by molar-refractivity contribution is 5.79. The van der Waals surface area contributed by atoms with Crippen LogP contribution in [-0.2, 0) is 88.2 Å². The molecule has 5 aromatic carbocycles. The van der Waals surface area contributed by atoms with Crippen LogP contribution in [0.5, 0.6) is 23.0 Å². The summed E-state index contributed by atoms with van der Waals surface area (Å²) in [5.74, 6) is -2.29. The molecule has 0 heterocycles. The lowest BCUT2D eigenvalue weighted by Gasteiger charge is -2.19. The van der Waals surface area contributed by atoms with Crippen LogP contribution in [-0.4, -0.2) is 75.8 Å². The average molecular weight is 1880 g/mol. The summed E-state index contributed by atoms with van der Waals surface area (Å²) in [6, 6.07) is 20.2. The van der Waals surface area contributed by atoms with Gasteiger partial charge in [-0.15, -0.1) is 0 Å². The fourth-order valence-electron chi connectivity index (χ4n) is 19.7. The molecule has 0 unspecified atom stereocenters. The number of hydrogen-bond donors (Lipinski definition) is 9. The third-order valence-corrected chi connectivity index (χ3v) is 29.3. The van der Waals surface area contributed by atoms with Gasteiger partial charge in [0.05, 0.1) is 27.1 Å². The number of aryl methyl sites for hydroxylation is 9. The molecule has 0 radical (unpaired) electrons. The van der Waals surface area contributed by atoms with Gasteiger partial charge >= 0.3 is 29.8 Å². The van der Waals surface area contributed by atoms with Crippen molar-refractivity contribution >= 4 is 29.8 Å². The number of hydrogen-bond acceptors (Lipinski definition) is 9. The molecule has 5 fully saturated rings. The van der Waals surface area contributed by atoms with E-state index in [9.17, 15) is 69.9 Å². The Hall–Kier alpha value is -7.35. The van der Waals surface area contributed by atoms with E-state index in [-0.39, 0.29) is 76.4 Å². The van der Waals surface area contributed by atoms with Gasteiger partial charge < -0.3 is 46.0 Å². The zero-order valence-corrected chi connectivity index (χ0v) is 85.7. The van der Waals surface area contributed by atoms with Gasteiger partial charge in [-0.2, -0.15) is 0 Å². The zero-order chi connectivity index (χ0) is 96.9. The molecule has 9 N–H and O–H groups in total. The minimum atomic E-state index is -0.669. The molecule has 0 saturated heterocycles. The van der Waals surface area contributed by atoms with Gasteiger partial charge in [0, 0.05) is 17.2 Å². The smallest absolute Gasteiger partial charge is 0.309 e. The van der Waals surface area contributed by atoms with Crippen LogP contribution in [0, 0.1) is 95.7 Å². The number of carboxylic acid groups (broad SMARTS) is 5. The predicted molar refractivity (Wildman–Crippen MR) is 570 cm³/mol. The molecule has 0 aliphatic heterocycles. The van der Waals surface area contributed by atoms with Crippen molar-refractivity contribution in [3.05, 3.63) is 150 Å². The van der Waals surface area contributed by atoms with Crippen LogP contribution < -0.4 is 0 Å². The predicted octanol–water partition coefficient (Wildman–Crippen LogP) is 34.0. The number of aliphatic carboxylic acids is 5. The molecule has 0 spiro atoms. The molecule has 14 heteroatoms. The molecular weight excluding hydrogens is 1680 g/mol. The van der Waals surface area contributed by atoms with Crippen LogP contribution in [0.3, 0.4) is 0 Å². The maximum atomic E-state index is 11.3. The number of unbranched alkanes of at least 4 members (excludes halogenated alkanes) is 10. The first kappa shape index (κ1) is 126. The fraction of sp³-hybridized carbons (Fsp3) is 0.711. The number of rotatable bonds is 50. The van der Waals surface area contributed by atoms with Gasteiger partial charge in [0.15, 0.2) is 0 Å². The Balaban J connectivity index is 0.000000836. The number of carbonyl (C=O) groups is 5. The van der Waals surface area contributed by atoms with Crippen molar-refractivity contribution in [1.29, 1.82) is 0 Å². The normalized spacial score (nSPS) is 15.3. The largest absolute Gasteiger partial charge is 0.508 e. The maximum Gasteiger partial charge on any atom is 0.309 e. The lowest BCUT2D eigenvalue weighted by atomic mass is 9.86. The van der Waals surface area contributed by atoms with Crippen LogP contribution in [0.2, 0.25) is 0 Å². The average Bonchev–Trinajstić information content (AvgIpc) is 1.65. The molecule has 5 aliphatic carbocycles. The highest BCUT2D eigenvalue weighted by Crippen LogP contribution is 2.54. The van der Waals surface area contributed by atoms with E-state index in [1.807, 2.05) is 0 Å². The topological polar surface area (TPSA) is 267 Å². The van der Waals surface area contributed by atoms with E-state index < -0.39 is 40.7 Å². The second-order valence-corrected chi connectivity index (χ2v) is 47.6. The van der Waals surface area contributed by atoms with E-state index in [4.69, 9.17) is 0 Å². The quantitative estimate of drug-likeness (QED) is 0.0130. The molecule has 0 aromatic heterocycles. The summed E-state index contributed by atoms with van der Waals surface area (Å²) in [7, 11) is 0. The van der Waals surface area contributed by atoms with Gasteiger partial charge in [0.2, 0.25) is 0 Å². The lowest BCUT2D eigenvalue weighted by Crippen LogP contribution is -2.14. The van der Waals surface area contributed by atoms with Crippen LogP contribution in [0.15, 0.2) is 60.7 Å². The second-order valence-electron chi connectivity index (χ2n) is 47.6. The van der Waals surface area contributed by atoms with Gasteiger partial charge in [-0.25, -0.2) is 0 Å². The third-order valence-electron chi connectivity index (χ3n) is 29.3. The van der Waals surface area contributed by atoms with Gasteiger partial charge in [-0.1, -0.05) is 253 Å². The first-order valence-corrected chi connectivity index (χ1v) is 51.2. The minimum Gasteiger partial charge on any atom is -0.508 e. The molecule has 10 rings (SSSR count). The highest BCUT2D eigenvalue weighted by atomic mass is 16.4. The third kappa shape index (κ3) is 44.8. The molecule has 135 heavy (non-hydrogen) atoms. The zero-order valence-electron chi connectivity index (χ0n) is 85.7. The molecule has 5 aromatic rings. The minimum absolute atomic E-state index is 0. The van der Waals surface area contributed by atoms with Gasteiger partial charge in [0.1, 0.15) is 23.0 Å².